The number of carbonyl (C=O) groups excluding carboxylic acids is 2. The molecule has 0 aromatic rings. The number of Topliss-reactive ketones (excluding diaryl/α,β-unsaturated/α-hetero) is 1. The molecule has 0 aromatic carbocycles. The number of methoxy groups -OCH3 is 1. The highest BCUT2D eigenvalue weighted by molar-refractivity contribution is 6.74. The van der Waals surface area contributed by atoms with Gasteiger partial charge in [0.15, 0.2) is 8.32 Å². The van der Waals surface area contributed by atoms with Crippen molar-refractivity contribution in [2.24, 2.45) is 17.8 Å². The third kappa shape index (κ3) is 10.1. The van der Waals surface area contributed by atoms with Crippen molar-refractivity contribution in [2.75, 3.05) is 7.11 Å². The molecule has 0 saturated heterocycles. The zero-order valence-corrected chi connectivity index (χ0v) is 24.4. The van der Waals surface area contributed by atoms with E-state index in [9.17, 15) is 9.59 Å². The lowest BCUT2D eigenvalue weighted by molar-refractivity contribution is -0.140. The Kier molecular flexibility index (Phi) is 12.8. The van der Waals surface area contributed by atoms with Gasteiger partial charge in [-0.25, -0.2) is 8.78 Å². The van der Waals surface area contributed by atoms with Gasteiger partial charge in [-0.1, -0.05) is 59.6 Å². The van der Waals surface area contributed by atoms with Crippen LogP contribution in [-0.4, -0.2) is 39.2 Å². The number of hydrogen-bond donors (Lipinski definition) is 0. The largest absolute Gasteiger partial charge is 0.469 e. The van der Waals surface area contributed by atoms with Gasteiger partial charge in [0, 0.05) is 25.2 Å². The highest BCUT2D eigenvalue weighted by Gasteiger charge is 2.47. The van der Waals surface area contributed by atoms with Crippen LogP contribution < -0.4 is 0 Å². The van der Waals surface area contributed by atoms with Crippen molar-refractivity contribution in [1.82, 2.24) is 0 Å². The molecule has 1 unspecified atom stereocenters. The van der Waals surface area contributed by atoms with E-state index in [0.29, 0.717) is 38.5 Å². The molecule has 1 rings (SSSR count). The van der Waals surface area contributed by atoms with Gasteiger partial charge in [-0.3, -0.25) is 9.59 Å². The van der Waals surface area contributed by atoms with Gasteiger partial charge < -0.3 is 9.16 Å². The SMILES string of the molecule is CCCC(F)(F)C(CCC[C@H]1[C@H](C)CC(=O)[C@@H]1CC=CCCCC(=O)OC)O[Si](C)(C)C(C)(C)C. The molecule has 0 spiro atoms. The number of alkyl halides is 2. The molecule has 0 radical (unpaired) electrons. The second-order valence-electron chi connectivity index (χ2n) is 11.9. The summed E-state index contributed by atoms with van der Waals surface area (Å²) in [6.07, 6.45) is 8.16. The van der Waals surface area contributed by atoms with Crippen LogP contribution in [0.3, 0.4) is 0 Å². The smallest absolute Gasteiger partial charge is 0.305 e. The second-order valence-corrected chi connectivity index (χ2v) is 16.7. The van der Waals surface area contributed by atoms with Gasteiger partial charge in [0.25, 0.3) is 5.92 Å². The molecule has 204 valence electrons. The van der Waals surface area contributed by atoms with E-state index in [4.69, 9.17) is 4.43 Å². The topological polar surface area (TPSA) is 52.6 Å². The minimum atomic E-state index is -2.84. The van der Waals surface area contributed by atoms with Gasteiger partial charge in [0.2, 0.25) is 0 Å². The normalized spacial score (nSPS) is 22.7. The molecular formula is C28H50F2O4Si. The number of carbonyl (C=O) groups is 2. The van der Waals surface area contributed by atoms with Crippen LogP contribution in [0.1, 0.15) is 98.8 Å². The van der Waals surface area contributed by atoms with Crippen LogP contribution >= 0.6 is 0 Å². The van der Waals surface area contributed by atoms with E-state index in [1.54, 1.807) is 6.92 Å². The van der Waals surface area contributed by atoms with Crippen molar-refractivity contribution in [1.29, 1.82) is 0 Å². The third-order valence-corrected chi connectivity index (χ3v) is 12.5. The lowest BCUT2D eigenvalue weighted by Gasteiger charge is -2.41. The summed E-state index contributed by atoms with van der Waals surface area (Å²) < 4.78 is 41.1. The van der Waals surface area contributed by atoms with Crippen LogP contribution in [0.5, 0.6) is 0 Å². The molecule has 4 atom stereocenters. The maximum absolute atomic E-state index is 15.1. The summed E-state index contributed by atoms with van der Waals surface area (Å²) >= 11 is 0. The summed E-state index contributed by atoms with van der Waals surface area (Å²) in [4.78, 5) is 23.9. The molecule has 35 heavy (non-hydrogen) atoms. The van der Waals surface area contributed by atoms with Crippen molar-refractivity contribution in [3.8, 4) is 0 Å². The summed E-state index contributed by atoms with van der Waals surface area (Å²) in [5.41, 5.74) is 0. The van der Waals surface area contributed by atoms with Crippen molar-refractivity contribution >= 4 is 20.1 Å². The zero-order valence-electron chi connectivity index (χ0n) is 23.4. The van der Waals surface area contributed by atoms with E-state index in [0.717, 1.165) is 19.3 Å². The number of rotatable bonds is 15. The van der Waals surface area contributed by atoms with Crippen molar-refractivity contribution in [3.63, 3.8) is 0 Å². The highest BCUT2D eigenvalue weighted by Crippen LogP contribution is 2.43. The number of esters is 1. The average Bonchev–Trinajstić information content (AvgIpc) is 3.01. The molecule has 7 heteroatoms. The first kappa shape index (κ1) is 31.9. The first-order chi connectivity index (χ1) is 16.2. The molecule has 0 N–H and O–H groups in total. The van der Waals surface area contributed by atoms with E-state index < -0.39 is 20.3 Å². The predicted molar refractivity (Wildman–Crippen MR) is 141 cm³/mol. The number of ether oxygens (including phenoxy) is 1. The van der Waals surface area contributed by atoms with Gasteiger partial charge in [-0.15, -0.1) is 0 Å². The maximum Gasteiger partial charge on any atom is 0.305 e. The highest BCUT2D eigenvalue weighted by atomic mass is 28.4. The first-order valence-corrected chi connectivity index (χ1v) is 16.4. The summed E-state index contributed by atoms with van der Waals surface area (Å²) in [6, 6.07) is 0. The lowest BCUT2D eigenvalue weighted by Crippen LogP contribution is -2.49. The van der Waals surface area contributed by atoms with Crippen molar-refractivity contribution < 1.29 is 27.5 Å². The first-order valence-electron chi connectivity index (χ1n) is 13.5. The van der Waals surface area contributed by atoms with E-state index >= 15 is 8.78 Å². The fourth-order valence-corrected chi connectivity index (χ4v) is 6.15. The zero-order chi connectivity index (χ0) is 26.9. The molecular weight excluding hydrogens is 466 g/mol. The van der Waals surface area contributed by atoms with Crippen LogP contribution in [0.4, 0.5) is 8.78 Å². The summed E-state index contributed by atoms with van der Waals surface area (Å²) in [5, 5.41) is -0.131. The lowest BCUT2D eigenvalue weighted by atomic mass is 9.83. The van der Waals surface area contributed by atoms with E-state index in [-0.39, 0.29) is 41.0 Å². The van der Waals surface area contributed by atoms with E-state index in [1.165, 1.54) is 7.11 Å². The molecule has 0 aliphatic heterocycles. The Labute approximate surface area is 213 Å². The Morgan fingerprint density at radius 2 is 1.86 bits per heavy atom. The quantitative estimate of drug-likeness (QED) is 0.0954. The monoisotopic (exact) mass is 516 g/mol. The van der Waals surface area contributed by atoms with Crippen LogP contribution in [-0.2, 0) is 18.8 Å². The predicted octanol–water partition coefficient (Wildman–Crippen LogP) is 8.11. The molecule has 1 aliphatic rings. The second kappa shape index (κ2) is 14.0. The molecule has 1 fully saturated rings. The van der Waals surface area contributed by atoms with E-state index in [1.807, 2.05) is 25.2 Å². The molecule has 0 amide bonds. The fourth-order valence-electron chi connectivity index (χ4n) is 4.80. The number of unbranched alkanes of at least 4 members (excludes halogenated alkanes) is 1. The number of hydrogen-bond acceptors (Lipinski definition) is 4. The molecule has 0 aromatic heterocycles. The number of allylic oxidation sites excluding steroid dienone is 2. The van der Waals surface area contributed by atoms with Gasteiger partial charge in [0.1, 0.15) is 11.9 Å². The Bertz CT molecular complexity index is 700. The standard InChI is InChI=1S/C28H50F2O4Si/c1-9-19-28(29,30)25(34-35(7,8)27(3,4)5)17-14-16-22-21(2)20-24(31)23(22)15-12-10-11-13-18-26(32)33-6/h10,12,21-23,25H,9,11,13-20H2,1-8H3/t21-,22+,23-,25?/m1/s1. The Morgan fingerprint density at radius 1 is 1.20 bits per heavy atom. The molecule has 0 bridgehead atoms. The molecule has 1 saturated carbocycles. The Balaban J connectivity index is 2.75. The summed E-state index contributed by atoms with van der Waals surface area (Å²) in [7, 11) is -0.950. The van der Waals surface area contributed by atoms with Crippen LogP contribution in [0.25, 0.3) is 0 Å². The average molecular weight is 517 g/mol. The number of halogens is 2. The minimum Gasteiger partial charge on any atom is -0.469 e. The minimum absolute atomic E-state index is 0.0437. The van der Waals surface area contributed by atoms with Gasteiger partial charge in [-0.2, -0.15) is 0 Å². The maximum atomic E-state index is 15.1. The van der Waals surface area contributed by atoms with Gasteiger partial charge >= 0.3 is 5.97 Å². The Hall–Kier alpha value is -1.08. The summed E-state index contributed by atoms with van der Waals surface area (Å²) in [6.45, 7) is 14.2. The van der Waals surface area contributed by atoms with Crippen LogP contribution in [0.2, 0.25) is 18.1 Å². The van der Waals surface area contributed by atoms with Gasteiger partial charge in [0.05, 0.1) is 7.11 Å². The summed E-state index contributed by atoms with van der Waals surface area (Å²) in [5.74, 6) is -2.32. The van der Waals surface area contributed by atoms with E-state index in [2.05, 4.69) is 32.4 Å². The van der Waals surface area contributed by atoms with Crippen LogP contribution in [0, 0.1) is 17.8 Å². The van der Waals surface area contributed by atoms with Crippen molar-refractivity contribution in [2.45, 2.75) is 129 Å². The Morgan fingerprint density at radius 3 is 2.43 bits per heavy atom. The molecule has 4 nitrogen and oxygen atoms in total. The van der Waals surface area contributed by atoms with Crippen LogP contribution in [0.15, 0.2) is 12.2 Å². The third-order valence-electron chi connectivity index (χ3n) is 8.02. The molecule has 1 aliphatic carbocycles. The number of ketones is 1. The molecule has 0 heterocycles. The van der Waals surface area contributed by atoms with Gasteiger partial charge in [-0.05, 0) is 62.1 Å². The van der Waals surface area contributed by atoms with Crippen molar-refractivity contribution in [3.05, 3.63) is 12.2 Å². The fraction of sp³-hybridized carbons (Fsp3) is 0.857.